The Morgan fingerprint density at radius 1 is 1.23 bits per heavy atom. The predicted molar refractivity (Wildman–Crippen MR) is 133 cm³/mol. The van der Waals surface area contributed by atoms with E-state index >= 15 is 0 Å². The van der Waals surface area contributed by atoms with E-state index in [1.807, 2.05) is 24.3 Å². The molecule has 0 bridgehead atoms. The van der Waals surface area contributed by atoms with Crippen LogP contribution in [0.2, 0.25) is 0 Å². The van der Waals surface area contributed by atoms with Gasteiger partial charge in [0.1, 0.15) is 11.5 Å². The third kappa shape index (κ3) is 6.87. The van der Waals surface area contributed by atoms with Gasteiger partial charge in [-0.05, 0) is 49.8 Å². The largest absolute Gasteiger partial charge is 0.493 e. The van der Waals surface area contributed by atoms with Crippen molar-refractivity contribution in [3.05, 3.63) is 54.0 Å². The van der Waals surface area contributed by atoms with E-state index in [-0.39, 0.29) is 30.0 Å². The fourth-order valence-electron chi connectivity index (χ4n) is 3.91. The number of ether oxygens (including phenoxy) is 2. The lowest BCUT2D eigenvalue weighted by molar-refractivity contribution is 0.129. The zero-order valence-corrected chi connectivity index (χ0v) is 20.6. The minimum absolute atomic E-state index is 0. The summed E-state index contributed by atoms with van der Waals surface area (Å²) in [4.78, 5) is 4.99. The molecule has 2 heterocycles. The number of hydrogen-bond donors (Lipinski definition) is 2. The van der Waals surface area contributed by atoms with Crippen LogP contribution in [0, 0.1) is 5.41 Å². The molecule has 0 spiro atoms. The molecule has 0 amide bonds. The molecule has 31 heavy (non-hydrogen) atoms. The van der Waals surface area contributed by atoms with E-state index in [2.05, 4.69) is 29.7 Å². The summed E-state index contributed by atoms with van der Waals surface area (Å²) < 4.78 is 16.9. The fourth-order valence-corrected chi connectivity index (χ4v) is 3.91. The number of guanidine groups is 1. The highest BCUT2D eigenvalue weighted by Crippen LogP contribution is 2.49. The van der Waals surface area contributed by atoms with Crippen LogP contribution in [0.1, 0.15) is 50.0 Å². The summed E-state index contributed by atoms with van der Waals surface area (Å²) in [5, 5.41) is 7.17. The van der Waals surface area contributed by atoms with Crippen LogP contribution in [0.4, 0.5) is 0 Å². The molecule has 2 aliphatic rings. The number of para-hydroxylation sites is 1. The Hall–Kier alpha value is -1.74. The maximum Gasteiger partial charge on any atom is 0.191 e. The van der Waals surface area contributed by atoms with Gasteiger partial charge in [-0.3, -0.25) is 4.99 Å². The molecule has 1 aliphatic carbocycles. The number of aliphatic imine (C=N–C) groups is 1. The monoisotopic (exact) mass is 539 g/mol. The average molecular weight is 539 g/mol. The number of fused-ring (bicyclic) bond motifs is 1. The summed E-state index contributed by atoms with van der Waals surface area (Å²) in [5.74, 6) is 2.81. The van der Waals surface area contributed by atoms with Gasteiger partial charge in [-0.25, -0.2) is 0 Å². The lowest BCUT2D eigenvalue weighted by atomic mass is 10.0. The van der Waals surface area contributed by atoms with Crippen molar-refractivity contribution >= 4 is 29.9 Å². The van der Waals surface area contributed by atoms with E-state index in [1.165, 1.54) is 18.4 Å². The lowest BCUT2D eigenvalue weighted by Gasteiger charge is -2.28. The van der Waals surface area contributed by atoms with Crippen LogP contribution < -0.4 is 15.4 Å². The molecule has 1 saturated carbocycles. The third-order valence-corrected chi connectivity index (χ3v) is 6.02. The van der Waals surface area contributed by atoms with E-state index in [4.69, 9.17) is 18.9 Å². The molecule has 1 unspecified atom stereocenters. The molecule has 1 aromatic heterocycles. The number of rotatable bonds is 10. The second-order valence-corrected chi connectivity index (χ2v) is 8.24. The van der Waals surface area contributed by atoms with E-state index in [0.717, 1.165) is 63.0 Å². The smallest absolute Gasteiger partial charge is 0.191 e. The van der Waals surface area contributed by atoms with Crippen molar-refractivity contribution in [2.75, 3.05) is 32.9 Å². The average Bonchev–Trinajstić information content (AvgIpc) is 3.34. The van der Waals surface area contributed by atoms with E-state index in [1.54, 1.807) is 6.26 Å². The molecule has 0 radical (unpaired) electrons. The summed E-state index contributed by atoms with van der Waals surface area (Å²) in [6.07, 6.45) is 7.03. The Morgan fingerprint density at radius 2 is 2.10 bits per heavy atom. The van der Waals surface area contributed by atoms with Crippen LogP contribution in [0.5, 0.6) is 5.75 Å². The Balaban J connectivity index is 0.00000272. The number of halogens is 1. The predicted octanol–water partition coefficient (Wildman–Crippen LogP) is 4.71. The minimum Gasteiger partial charge on any atom is -0.493 e. The maximum absolute atomic E-state index is 5.82. The van der Waals surface area contributed by atoms with Gasteiger partial charge < -0.3 is 24.5 Å². The SMILES string of the molecule is CCOCCC1(CN=C(NCCc2ccco2)NC2CCOc3ccccc32)CC1.I. The standard InChI is InChI=1S/C24H33N3O3.HI/c1-2-28-17-13-24(11-12-24)18-26-23(25-14-9-19-6-5-15-29-19)27-21-10-16-30-22-8-4-3-7-20(21)22;/h3-8,15,21H,2,9-14,16-18H2,1H3,(H2,25,26,27);1H. The number of hydrogen-bond acceptors (Lipinski definition) is 4. The molecule has 4 rings (SSSR count). The first-order valence-electron chi connectivity index (χ1n) is 11.1. The summed E-state index contributed by atoms with van der Waals surface area (Å²) in [6.45, 7) is 5.98. The first-order valence-corrected chi connectivity index (χ1v) is 11.1. The second kappa shape index (κ2) is 11.8. The van der Waals surface area contributed by atoms with Gasteiger partial charge in [-0.2, -0.15) is 0 Å². The Morgan fingerprint density at radius 3 is 2.87 bits per heavy atom. The minimum atomic E-state index is 0. The van der Waals surface area contributed by atoms with Crippen molar-refractivity contribution in [3.63, 3.8) is 0 Å². The molecule has 1 fully saturated rings. The van der Waals surface area contributed by atoms with Crippen LogP contribution >= 0.6 is 24.0 Å². The molecule has 2 N–H and O–H groups in total. The van der Waals surface area contributed by atoms with Crippen LogP contribution in [-0.2, 0) is 11.2 Å². The van der Waals surface area contributed by atoms with E-state index in [0.29, 0.717) is 12.0 Å². The van der Waals surface area contributed by atoms with Gasteiger partial charge in [0.25, 0.3) is 0 Å². The second-order valence-electron chi connectivity index (χ2n) is 8.24. The van der Waals surface area contributed by atoms with Gasteiger partial charge in [0.2, 0.25) is 0 Å². The topological polar surface area (TPSA) is 68.0 Å². The zero-order chi connectivity index (χ0) is 20.7. The maximum atomic E-state index is 5.82. The third-order valence-electron chi connectivity index (χ3n) is 6.02. The van der Waals surface area contributed by atoms with Crippen molar-refractivity contribution in [2.45, 2.75) is 45.1 Å². The van der Waals surface area contributed by atoms with Crippen molar-refractivity contribution < 1.29 is 13.9 Å². The van der Waals surface area contributed by atoms with E-state index in [9.17, 15) is 0 Å². The van der Waals surface area contributed by atoms with Gasteiger partial charge >= 0.3 is 0 Å². The summed E-state index contributed by atoms with van der Waals surface area (Å²) in [7, 11) is 0. The zero-order valence-electron chi connectivity index (χ0n) is 18.3. The fraction of sp³-hybridized carbons (Fsp3) is 0.542. The Bertz CT molecular complexity index is 821. The van der Waals surface area contributed by atoms with E-state index < -0.39 is 0 Å². The highest BCUT2D eigenvalue weighted by molar-refractivity contribution is 14.0. The number of nitrogens with one attached hydrogen (secondary N) is 2. The summed E-state index contributed by atoms with van der Waals surface area (Å²) >= 11 is 0. The molecule has 2 aromatic rings. The van der Waals surface area contributed by atoms with Gasteiger partial charge in [-0.1, -0.05) is 18.2 Å². The Kier molecular flexibility index (Phi) is 9.07. The van der Waals surface area contributed by atoms with Crippen molar-refractivity contribution in [2.24, 2.45) is 10.4 Å². The number of furan rings is 1. The first kappa shape index (κ1) is 23.9. The van der Waals surface area contributed by atoms with Crippen molar-refractivity contribution in [1.29, 1.82) is 0 Å². The van der Waals surface area contributed by atoms with Gasteiger partial charge in [0.15, 0.2) is 5.96 Å². The van der Waals surface area contributed by atoms with Gasteiger partial charge in [-0.15, -0.1) is 24.0 Å². The summed E-state index contributed by atoms with van der Waals surface area (Å²) in [5.41, 5.74) is 1.51. The number of benzene rings is 1. The highest BCUT2D eigenvalue weighted by Gasteiger charge is 2.42. The molecular weight excluding hydrogens is 505 g/mol. The normalized spacial score (nSPS) is 19.0. The van der Waals surface area contributed by atoms with Crippen LogP contribution in [-0.4, -0.2) is 38.9 Å². The molecular formula is C24H34IN3O3. The molecule has 1 aromatic carbocycles. The molecule has 0 saturated heterocycles. The summed E-state index contributed by atoms with van der Waals surface area (Å²) in [6, 6.07) is 12.4. The number of nitrogens with zero attached hydrogens (tertiary/aromatic N) is 1. The molecule has 1 aliphatic heterocycles. The molecule has 7 heteroatoms. The van der Waals surface area contributed by atoms with Crippen molar-refractivity contribution in [1.82, 2.24) is 10.6 Å². The van der Waals surface area contributed by atoms with Gasteiger partial charge in [0, 0.05) is 44.7 Å². The molecule has 1 atom stereocenters. The molecule has 6 nitrogen and oxygen atoms in total. The van der Waals surface area contributed by atoms with Gasteiger partial charge in [0.05, 0.1) is 18.9 Å². The highest BCUT2D eigenvalue weighted by atomic mass is 127. The van der Waals surface area contributed by atoms with Crippen LogP contribution in [0.15, 0.2) is 52.1 Å². The van der Waals surface area contributed by atoms with Crippen LogP contribution in [0.3, 0.4) is 0 Å². The lowest BCUT2D eigenvalue weighted by Crippen LogP contribution is -2.42. The quantitative estimate of drug-likeness (QED) is 0.198. The first-order chi connectivity index (χ1) is 14.8. The molecule has 170 valence electrons. The van der Waals surface area contributed by atoms with Crippen LogP contribution in [0.25, 0.3) is 0 Å². The van der Waals surface area contributed by atoms with Crippen molar-refractivity contribution in [3.8, 4) is 5.75 Å². The Labute approximate surface area is 202 Å².